The van der Waals surface area contributed by atoms with Gasteiger partial charge in [-0.3, -0.25) is 4.99 Å². The average molecular weight is 148 g/mol. The highest BCUT2D eigenvalue weighted by atomic mass is 79.9. The molecule has 34 valence electrons. The number of rotatable bonds is 1. The van der Waals surface area contributed by atoms with E-state index in [1.54, 1.807) is 0 Å². The first-order chi connectivity index (χ1) is 2.81. The third-order valence-electron chi connectivity index (χ3n) is 0.389. The minimum Gasteiger partial charge on any atom is -0.258 e. The van der Waals surface area contributed by atoms with Crippen LogP contribution in [0.1, 0.15) is 6.92 Å². The van der Waals surface area contributed by atoms with E-state index in [9.17, 15) is 0 Å². The summed E-state index contributed by atoms with van der Waals surface area (Å²) >= 11 is 3.11. The second-order valence-corrected chi connectivity index (χ2v) is 1.58. The van der Waals surface area contributed by atoms with Crippen molar-refractivity contribution < 1.29 is 0 Å². The standard InChI is InChI=1S/C4H6BrN/c1-3-4(5)6-2/h3H,2H2,1H3. The minimum atomic E-state index is 0.794. The third-order valence-corrected chi connectivity index (χ3v) is 1.10. The highest BCUT2D eigenvalue weighted by Gasteiger charge is 1.70. The lowest BCUT2D eigenvalue weighted by Gasteiger charge is -1.75. The van der Waals surface area contributed by atoms with Crippen LogP contribution in [0.25, 0.3) is 0 Å². The number of halogens is 1. The molecule has 0 aromatic heterocycles. The Balaban J connectivity index is 3.50. The summed E-state index contributed by atoms with van der Waals surface area (Å²) in [6, 6.07) is 0. The number of hydrogen-bond donors (Lipinski definition) is 0. The van der Waals surface area contributed by atoms with E-state index in [4.69, 9.17) is 0 Å². The number of nitrogens with zero attached hydrogens (tertiary/aromatic N) is 1. The van der Waals surface area contributed by atoms with Gasteiger partial charge in [0.05, 0.1) is 0 Å². The van der Waals surface area contributed by atoms with Crippen LogP contribution < -0.4 is 0 Å². The van der Waals surface area contributed by atoms with Crippen molar-refractivity contribution in [3.8, 4) is 0 Å². The molecular formula is C4H6BrN. The van der Waals surface area contributed by atoms with Crippen molar-refractivity contribution in [1.29, 1.82) is 0 Å². The van der Waals surface area contributed by atoms with Crippen molar-refractivity contribution in [2.24, 2.45) is 4.99 Å². The summed E-state index contributed by atoms with van der Waals surface area (Å²) in [5.74, 6) is 0. The van der Waals surface area contributed by atoms with Gasteiger partial charge < -0.3 is 0 Å². The molecule has 6 heavy (non-hydrogen) atoms. The Morgan fingerprint density at radius 3 is 2.50 bits per heavy atom. The van der Waals surface area contributed by atoms with Crippen LogP contribution in [0.2, 0.25) is 0 Å². The molecule has 0 saturated carbocycles. The number of allylic oxidation sites excluding steroid dienone is 1. The molecule has 0 rings (SSSR count). The maximum atomic E-state index is 3.53. The molecule has 0 bridgehead atoms. The highest BCUT2D eigenvalue weighted by molar-refractivity contribution is 9.11. The normalized spacial score (nSPS) is 11.3. The fraction of sp³-hybridized carbons (Fsp3) is 0.250. The number of aliphatic imine (C=N–C) groups is 1. The van der Waals surface area contributed by atoms with E-state index in [2.05, 4.69) is 27.6 Å². The van der Waals surface area contributed by atoms with Gasteiger partial charge in [0.25, 0.3) is 0 Å². The predicted octanol–water partition coefficient (Wildman–Crippen LogP) is 1.94. The molecule has 0 radical (unpaired) electrons. The van der Waals surface area contributed by atoms with Crippen LogP contribution in [-0.4, -0.2) is 6.72 Å². The maximum absolute atomic E-state index is 3.53. The first kappa shape index (κ1) is 5.89. The molecule has 0 spiro atoms. The molecule has 0 atom stereocenters. The third kappa shape index (κ3) is 2.15. The van der Waals surface area contributed by atoms with Gasteiger partial charge in [-0.15, -0.1) is 0 Å². The Kier molecular flexibility index (Phi) is 3.04. The van der Waals surface area contributed by atoms with Crippen LogP contribution in [0, 0.1) is 0 Å². The summed E-state index contributed by atoms with van der Waals surface area (Å²) < 4.78 is 0.794. The van der Waals surface area contributed by atoms with Crippen LogP contribution in [-0.2, 0) is 0 Å². The lowest BCUT2D eigenvalue weighted by Crippen LogP contribution is -1.51. The molecule has 0 heterocycles. The second-order valence-electron chi connectivity index (χ2n) is 0.770. The van der Waals surface area contributed by atoms with E-state index < -0.39 is 0 Å². The van der Waals surface area contributed by atoms with Gasteiger partial charge in [-0.25, -0.2) is 0 Å². The van der Waals surface area contributed by atoms with Gasteiger partial charge in [-0.05, 0) is 29.6 Å². The van der Waals surface area contributed by atoms with Crippen molar-refractivity contribution in [2.45, 2.75) is 6.92 Å². The van der Waals surface area contributed by atoms with Gasteiger partial charge in [0.1, 0.15) is 4.61 Å². The SMILES string of the molecule is C=NC(Br)=CC. The van der Waals surface area contributed by atoms with E-state index in [0.29, 0.717) is 0 Å². The van der Waals surface area contributed by atoms with Crippen LogP contribution >= 0.6 is 15.9 Å². The summed E-state index contributed by atoms with van der Waals surface area (Å²) in [4.78, 5) is 3.53. The topological polar surface area (TPSA) is 12.4 Å². The smallest absolute Gasteiger partial charge is 0.101 e. The summed E-state index contributed by atoms with van der Waals surface area (Å²) in [5, 5.41) is 0. The quantitative estimate of drug-likeness (QED) is 0.398. The minimum absolute atomic E-state index is 0.794. The Hall–Kier alpha value is -0.110. The fourth-order valence-electron chi connectivity index (χ4n) is 0.0913. The monoisotopic (exact) mass is 147 g/mol. The summed E-state index contributed by atoms with van der Waals surface area (Å²) in [6.07, 6.45) is 1.83. The zero-order chi connectivity index (χ0) is 4.99. The number of hydrogen-bond acceptors (Lipinski definition) is 1. The van der Waals surface area contributed by atoms with Crippen molar-refractivity contribution in [3.05, 3.63) is 10.7 Å². The largest absolute Gasteiger partial charge is 0.258 e. The summed E-state index contributed by atoms with van der Waals surface area (Å²) in [5.41, 5.74) is 0. The Morgan fingerprint density at radius 2 is 2.50 bits per heavy atom. The Bertz CT molecular complexity index is 75.6. The van der Waals surface area contributed by atoms with Crippen molar-refractivity contribution in [1.82, 2.24) is 0 Å². The van der Waals surface area contributed by atoms with E-state index >= 15 is 0 Å². The highest BCUT2D eigenvalue weighted by Crippen LogP contribution is 2.01. The summed E-state index contributed by atoms with van der Waals surface area (Å²) in [7, 11) is 0. The molecule has 0 saturated heterocycles. The second kappa shape index (κ2) is 3.09. The first-order valence-corrected chi connectivity index (χ1v) is 2.39. The average Bonchev–Trinajstić information content (AvgIpc) is 1.65. The molecule has 0 fully saturated rings. The fourth-order valence-corrected chi connectivity index (χ4v) is 0.0913. The zero-order valence-corrected chi connectivity index (χ0v) is 5.20. The molecule has 0 aliphatic heterocycles. The van der Waals surface area contributed by atoms with E-state index in [1.807, 2.05) is 13.0 Å². The molecule has 0 unspecified atom stereocenters. The van der Waals surface area contributed by atoms with E-state index in [-0.39, 0.29) is 0 Å². The first-order valence-electron chi connectivity index (χ1n) is 1.59. The Labute approximate surface area is 45.9 Å². The Morgan fingerprint density at radius 1 is 2.00 bits per heavy atom. The summed E-state index contributed by atoms with van der Waals surface area (Å²) in [6.45, 7) is 5.15. The molecule has 0 amide bonds. The van der Waals surface area contributed by atoms with Crippen LogP contribution in [0.3, 0.4) is 0 Å². The molecule has 0 aromatic rings. The molecule has 1 nitrogen and oxygen atoms in total. The zero-order valence-electron chi connectivity index (χ0n) is 3.61. The van der Waals surface area contributed by atoms with Crippen molar-refractivity contribution >= 4 is 22.6 Å². The van der Waals surface area contributed by atoms with Gasteiger partial charge in [0.15, 0.2) is 0 Å². The predicted molar refractivity (Wildman–Crippen MR) is 32.2 cm³/mol. The van der Waals surface area contributed by atoms with Crippen LogP contribution in [0.4, 0.5) is 0 Å². The van der Waals surface area contributed by atoms with Crippen LogP contribution in [0.5, 0.6) is 0 Å². The van der Waals surface area contributed by atoms with Crippen molar-refractivity contribution in [3.63, 3.8) is 0 Å². The van der Waals surface area contributed by atoms with Gasteiger partial charge in [0, 0.05) is 0 Å². The molecule has 0 N–H and O–H groups in total. The van der Waals surface area contributed by atoms with Gasteiger partial charge in [-0.2, -0.15) is 0 Å². The molecule has 2 heteroatoms. The molecule has 0 aromatic carbocycles. The van der Waals surface area contributed by atoms with Gasteiger partial charge in [0.2, 0.25) is 0 Å². The lowest BCUT2D eigenvalue weighted by molar-refractivity contribution is 1.53. The van der Waals surface area contributed by atoms with Gasteiger partial charge in [-0.1, -0.05) is 6.08 Å². The van der Waals surface area contributed by atoms with Crippen LogP contribution in [0.15, 0.2) is 15.7 Å². The van der Waals surface area contributed by atoms with Gasteiger partial charge >= 0.3 is 0 Å². The molecular weight excluding hydrogens is 142 g/mol. The molecule has 0 aliphatic carbocycles. The maximum Gasteiger partial charge on any atom is 0.101 e. The van der Waals surface area contributed by atoms with Crippen molar-refractivity contribution in [2.75, 3.05) is 0 Å². The van der Waals surface area contributed by atoms with E-state index in [1.165, 1.54) is 0 Å². The van der Waals surface area contributed by atoms with E-state index in [0.717, 1.165) is 4.61 Å². The molecule has 0 aliphatic rings. The lowest BCUT2D eigenvalue weighted by atomic mass is 10.7.